The second kappa shape index (κ2) is 3.25. The van der Waals surface area contributed by atoms with Gasteiger partial charge < -0.3 is 5.73 Å². The van der Waals surface area contributed by atoms with Crippen LogP contribution in [0.4, 0.5) is 0 Å². The molecule has 0 saturated heterocycles. The molecule has 47 valence electrons. The van der Waals surface area contributed by atoms with Gasteiger partial charge in [0, 0.05) is 0 Å². The molecule has 0 aliphatic heterocycles. The fourth-order valence-corrected chi connectivity index (χ4v) is 0.753. The van der Waals surface area contributed by atoms with Gasteiger partial charge in [-0.25, -0.2) is 0 Å². The maximum atomic E-state index is 5.35. The van der Waals surface area contributed by atoms with Gasteiger partial charge in [0.1, 0.15) is 0 Å². The molecule has 0 fully saturated rings. The van der Waals surface area contributed by atoms with Crippen molar-refractivity contribution in [1.82, 2.24) is 0 Å². The maximum Gasteiger partial charge on any atom is -0.00367 e. The lowest BCUT2D eigenvalue weighted by Gasteiger charge is -1.93. The van der Waals surface area contributed by atoms with Crippen LogP contribution in [0, 0.1) is 6.07 Å². The standard InChI is InChI=1S/C8H10N/c9-7-6-8-4-2-1-3-5-8/h1-2,4-5H,6-7,9H2. The van der Waals surface area contributed by atoms with E-state index in [4.69, 9.17) is 5.73 Å². The molecule has 0 aliphatic rings. The van der Waals surface area contributed by atoms with E-state index in [1.165, 1.54) is 5.56 Å². The molecule has 0 unspecified atom stereocenters. The van der Waals surface area contributed by atoms with Gasteiger partial charge in [0.05, 0.1) is 0 Å². The molecule has 0 saturated carbocycles. The first-order chi connectivity index (χ1) is 4.43. The Morgan fingerprint density at radius 2 is 2.44 bits per heavy atom. The second-order valence-corrected chi connectivity index (χ2v) is 1.95. The zero-order chi connectivity index (χ0) is 6.53. The lowest BCUT2D eigenvalue weighted by molar-refractivity contribution is 0.968. The molecular formula is C8H10N. The molecular weight excluding hydrogens is 110 g/mol. The van der Waals surface area contributed by atoms with Gasteiger partial charge in [0.2, 0.25) is 0 Å². The summed E-state index contributed by atoms with van der Waals surface area (Å²) < 4.78 is 0. The highest BCUT2D eigenvalue weighted by molar-refractivity contribution is 5.13. The summed E-state index contributed by atoms with van der Waals surface area (Å²) in [6, 6.07) is 10.9. The zero-order valence-corrected chi connectivity index (χ0v) is 5.30. The van der Waals surface area contributed by atoms with Crippen LogP contribution in [-0.4, -0.2) is 6.54 Å². The summed E-state index contributed by atoms with van der Waals surface area (Å²) in [5.74, 6) is 0. The minimum Gasteiger partial charge on any atom is -0.330 e. The van der Waals surface area contributed by atoms with Gasteiger partial charge in [-0.05, 0) is 24.6 Å². The highest BCUT2D eigenvalue weighted by atomic mass is 14.5. The van der Waals surface area contributed by atoms with Gasteiger partial charge in [-0.3, -0.25) is 0 Å². The molecule has 1 rings (SSSR count). The molecule has 0 heterocycles. The monoisotopic (exact) mass is 120 g/mol. The van der Waals surface area contributed by atoms with Crippen molar-refractivity contribution < 1.29 is 0 Å². The predicted molar refractivity (Wildman–Crippen MR) is 38.0 cm³/mol. The Bertz CT molecular complexity index is 157. The van der Waals surface area contributed by atoms with Crippen LogP contribution in [0.1, 0.15) is 5.56 Å². The van der Waals surface area contributed by atoms with E-state index in [9.17, 15) is 0 Å². The Hall–Kier alpha value is -0.820. The smallest absolute Gasteiger partial charge is 0.00367 e. The Morgan fingerprint density at radius 3 is 3.00 bits per heavy atom. The lowest BCUT2D eigenvalue weighted by Crippen LogP contribution is -2.01. The first-order valence-electron chi connectivity index (χ1n) is 3.08. The summed E-state index contributed by atoms with van der Waals surface area (Å²) >= 11 is 0. The molecule has 0 spiro atoms. The molecule has 0 aromatic heterocycles. The van der Waals surface area contributed by atoms with Gasteiger partial charge in [-0.15, -0.1) is 0 Å². The molecule has 0 bridgehead atoms. The Labute approximate surface area is 55.5 Å². The summed E-state index contributed by atoms with van der Waals surface area (Å²) in [5, 5.41) is 0. The fraction of sp³-hybridized carbons (Fsp3) is 0.250. The van der Waals surface area contributed by atoms with Crippen LogP contribution < -0.4 is 5.73 Å². The van der Waals surface area contributed by atoms with Crippen molar-refractivity contribution >= 4 is 0 Å². The van der Waals surface area contributed by atoms with Gasteiger partial charge in [-0.2, -0.15) is 0 Å². The summed E-state index contributed by atoms with van der Waals surface area (Å²) in [7, 11) is 0. The molecule has 1 nitrogen and oxygen atoms in total. The molecule has 1 aromatic carbocycles. The first kappa shape index (κ1) is 6.30. The average molecular weight is 120 g/mol. The van der Waals surface area contributed by atoms with Crippen molar-refractivity contribution in [2.45, 2.75) is 6.42 Å². The topological polar surface area (TPSA) is 26.0 Å². The van der Waals surface area contributed by atoms with Gasteiger partial charge in [0.25, 0.3) is 0 Å². The van der Waals surface area contributed by atoms with E-state index in [2.05, 4.69) is 12.1 Å². The second-order valence-electron chi connectivity index (χ2n) is 1.95. The van der Waals surface area contributed by atoms with Crippen LogP contribution in [0.2, 0.25) is 0 Å². The fourth-order valence-electron chi connectivity index (χ4n) is 0.753. The molecule has 9 heavy (non-hydrogen) atoms. The van der Waals surface area contributed by atoms with Crippen LogP contribution in [0.25, 0.3) is 0 Å². The lowest BCUT2D eigenvalue weighted by atomic mass is 10.2. The summed E-state index contributed by atoms with van der Waals surface area (Å²) in [6.45, 7) is 0.720. The molecule has 0 atom stereocenters. The summed E-state index contributed by atoms with van der Waals surface area (Å²) in [5.41, 5.74) is 6.61. The third-order valence-electron chi connectivity index (χ3n) is 1.20. The van der Waals surface area contributed by atoms with Crippen molar-refractivity contribution in [3.05, 3.63) is 35.9 Å². The van der Waals surface area contributed by atoms with E-state index in [1.807, 2.05) is 18.2 Å². The van der Waals surface area contributed by atoms with E-state index < -0.39 is 0 Å². The van der Waals surface area contributed by atoms with Crippen molar-refractivity contribution in [3.8, 4) is 0 Å². The average Bonchev–Trinajstić information content (AvgIpc) is 1.91. The minimum absolute atomic E-state index is 0.720. The van der Waals surface area contributed by atoms with Crippen molar-refractivity contribution in [3.63, 3.8) is 0 Å². The molecule has 0 aliphatic carbocycles. The molecule has 1 aromatic rings. The van der Waals surface area contributed by atoms with Gasteiger partial charge in [0.15, 0.2) is 0 Å². The number of hydrogen-bond acceptors (Lipinski definition) is 1. The minimum atomic E-state index is 0.720. The number of rotatable bonds is 2. The van der Waals surface area contributed by atoms with Crippen molar-refractivity contribution in [2.24, 2.45) is 5.73 Å². The van der Waals surface area contributed by atoms with E-state index >= 15 is 0 Å². The van der Waals surface area contributed by atoms with Gasteiger partial charge in [-0.1, -0.05) is 24.3 Å². The number of benzene rings is 1. The molecule has 1 radical (unpaired) electrons. The largest absolute Gasteiger partial charge is 0.330 e. The maximum absolute atomic E-state index is 5.35. The SMILES string of the molecule is NCCc1c[c]ccc1. The normalized spacial score (nSPS) is 9.44. The van der Waals surface area contributed by atoms with Crippen molar-refractivity contribution in [2.75, 3.05) is 6.54 Å². The highest BCUT2D eigenvalue weighted by Gasteiger charge is 1.85. The van der Waals surface area contributed by atoms with Crippen LogP contribution >= 0.6 is 0 Å². The van der Waals surface area contributed by atoms with Crippen molar-refractivity contribution in [1.29, 1.82) is 0 Å². The van der Waals surface area contributed by atoms with Gasteiger partial charge >= 0.3 is 0 Å². The third-order valence-corrected chi connectivity index (χ3v) is 1.20. The van der Waals surface area contributed by atoms with Crippen LogP contribution in [0.5, 0.6) is 0 Å². The number of hydrogen-bond donors (Lipinski definition) is 1. The number of nitrogens with two attached hydrogens (primary N) is 1. The third kappa shape index (κ3) is 1.86. The van der Waals surface area contributed by atoms with Crippen LogP contribution in [0.3, 0.4) is 0 Å². The quantitative estimate of drug-likeness (QED) is 0.618. The van der Waals surface area contributed by atoms with E-state index in [0.717, 1.165) is 13.0 Å². The zero-order valence-electron chi connectivity index (χ0n) is 5.30. The van der Waals surface area contributed by atoms with Crippen LogP contribution in [0.15, 0.2) is 24.3 Å². The predicted octanol–water partition coefficient (Wildman–Crippen LogP) is 0.988. The Balaban J connectivity index is 2.61. The Morgan fingerprint density at radius 1 is 1.56 bits per heavy atom. The Kier molecular flexibility index (Phi) is 2.28. The molecule has 2 N–H and O–H groups in total. The molecule has 1 heteroatoms. The van der Waals surface area contributed by atoms with E-state index in [1.54, 1.807) is 0 Å². The van der Waals surface area contributed by atoms with E-state index in [0.29, 0.717) is 0 Å². The summed E-state index contributed by atoms with van der Waals surface area (Å²) in [4.78, 5) is 0. The van der Waals surface area contributed by atoms with E-state index in [-0.39, 0.29) is 0 Å². The highest BCUT2D eigenvalue weighted by Crippen LogP contribution is 1.96. The summed E-state index contributed by atoms with van der Waals surface area (Å²) in [6.07, 6.45) is 0.956. The first-order valence-corrected chi connectivity index (χ1v) is 3.08. The molecule has 0 amide bonds. The van der Waals surface area contributed by atoms with Crippen LogP contribution in [-0.2, 0) is 6.42 Å².